The van der Waals surface area contributed by atoms with Crippen molar-refractivity contribution in [1.29, 1.82) is 0 Å². The molecule has 0 aliphatic carbocycles. The average Bonchev–Trinajstić information content (AvgIpc) is 3.30. The predicted octanol–water partition coefficient (Wildman–Crippen LogP) is 3.76. The number of hydrogen-bond donors (Lipinski definition) is 1. The molecule has 2 heterocycles. The molecule has 1 N–H and O–H groups in total. The highest BCUT2D eigenvalue weighted by Gasteiger charge is 2.23. The monoisotopic (exact) mass is 336 g/mol. The van der Waals surface area contributed by atoms with Crippen molar-refractivity contribution in [2.45, 2.75) is 13.5 Å². The molecule has 5 nitrogen and oxygen atoms in total. The Morgan fingerprint density at radius 3 is 2.52 bits per heavy atom. The van der Waals surface area contributed by atoms with Crippen LogP contribution in [0.5, 0.6) is 23.0 Å². The molecule has 0 atom stereocenters. The highest BCUT2D eigenvalue weighted by molar-refractivity contribution is 6.05. The first kappa shape index (κ1) is 14.4. The normalized spacial score (nSPS) is 14.3. The molecule has 3 aromatic carbocycles. The summed E-state index contributed by atoms with van der Waals surface area (Å²) in [7, 11) is 0. The second kappa shape index (κ2) is 5.29. The third kappa shape index (κ3) is 2.06. The Kier molecular flexibility index (Phi) is 3.05. The molecular formula is C20H16O5. The molecule has 0 unspecified atom stereocenters. The molecule has 0 amide bonds. The molecule has 126 valence electrons. The van der Waals surface area contributed by atoms with Gasteiger partial charge in [0.05, 0.1) is 6.61 Å². The van der Waals surface area contributed by atoms with E-state index in [1.165, 1.54) is 0 Å². The summed E-state index contributed by atoms with van der Waals surface area (Å²) in [5.74, 6) is 2.96. The van der Waals surface area contributed by atoms with E-state index in [1.807, 2.05) is 43.3 Å². The lowest BCUT2D eigenvalue weighted by molar-refractivity contribution is 0.174. The number of ether oxygens (including phenoxy) is 4. The Morgan fingerprint density at radius 2 is 1.64 bits per heavy atom. The molecule has 0 saturated heterocycles. The second-order valence-corrected chi connectivity index (χ2v) is 6.16. The Hall–Kier alpha value is -2.92. The zero-order valence-corrected chi connectivity index (χ0v) is 13.7. The molecule has 3 aromatic rings. The molecule has 5 rings (SSSR count). The van der Waals surface area contributed by atoms with E-state index in [0.717, 1.165) is 56.0 Å². The molecule has 0 bridgehead atoms. The number of aryl methyl sites for hydroxylation is 1. The minimum atomic E-state index is -0.0201. The zero-order valence-electron chi connectivity index (χ0n) is 13.7. The molecular weight excluding hydrogens is 320 g/mol. The Morgan fingerprint density at radius 1 is 0.880 bits per heavy atom. The van der Waals surface area contributed by atoms with E-state index in [9.17, 15) is 5.11 Å². The molecule has 0 aromatic heterocycles. The Labute approximate surface area is 144 Å². The molecule has 0 fully saturated rings. The maximum Gasteiger partial charge on any atom is 0.231 e. The summed E-state index contributed by atoms with van der Waals surface area (Å²) in [6.45, 7) is 2.45. The Balaban J connectivity index is 1.85. The lowest BCUT2D eigenvalue weighted by atomic mass is 9.91. The minimum absolute atomic E-state index is 0.0201. The van der Waals surface area contributed by atoms with Crippen molar-refractivity contribution in [2.24, 2.45) is 0 Å². The van der Waals surface area contributed by atoms with Gasteiger partial charge in [-0.2, -0.15) is 0 Å². The number of hydrogen-bond acceptors (Lipinski definition) is 5. The molecule has 0 spiro atoms. The molecule has 25 heavy (non-hydrogen) atoms. The zero-order chi connectivity index (χ0) is 17.0. The van der Waals surface area contributed by atoms with E-state index in [2.05, 4.69) is 0 Å². The van der Waals surface area contributed by atoms with Crippen LogP contribution in [0.25, 0.3) is 21.9 Å². The third-order valence-corrected chi connectivity index (χ3v) is 4.87. The molecule has 5 heteroatoms. The first-order valence-corrected chi connectivity index (χ1v) is 8.12. The summed E-state index contributed by atoms with van der Waals surface area (Å²) in [5, 5.41) is 11.8. The van der Waals surface area contributed by atoms with Gasteiger partial charge in [-0.15, -0.1) is 0 Å². The first-order valence-electron chi connectivity index (χ1n) is 8.12. The maximum atomic E-state index is 9.80. The Bertz CT molecular complexity index is 1010. The van der Waals surface area contributed by atoms with Gasteiger partial charge in [0.15, 0.2) is 23.0 Å². The molecule has 2 aliphatic heterocycles. The van der Waals surface area contributed by atoms with Gasteiger partial charge >= 0.3 is 0 Å². The lowest BCUT2D eigenvalue weighted by Gasteiger charge is -2.15. The fourth-order valence-electron chi connectivity index (χ4n) is 3.54. The van der Waals surface area contributed by atoms with E-state index in [4.69, 9.17) is 18.9 Å². The maximum absolute atomic E-state index is 9.80. The SMILES string of the molecule is Cc1c(CO)cc(-c2ccc3c(c2)OCO3)c2c3c(ccc12)OCO3. The number of benzene rings is 3. The van der Waals surface area contributed by atoms with E-state index in [-0.39, 0.29) is 20.2 Å². The smallest absolute Gasteiger partial charge is 0.231 e. The van der Waals surface area contributed by atoms with Gasteiger partial charge in [0.2, 0.25) is 13.6 Å². The van der Waals surface area contributed by atoms with Crippen molar-refractivity contribution < 1.29 is 24.1 Å². The summed E-state index contributed by atoms with van der Waals surface area (Å²) in [5.41, 5.74) is 3.89. The third-order valence-electron chi connectivity index (χ3n) is 4.87. The summed E-state index contributed by atoms with van der Waals surface area (Å²) in [6.07, 6.45) is 0. The van der Waals surface area contributed by atoms with Gasteiger partial charge in [-0.05, 0) is 58.8 Å². The second-order valence-electron chi connectivity index (χ2n) is 6.16. The quantitative estimate of drug-likeness (QED) is 0.772. The number of fused-ring (bicyclic) bond motifs is 4. The van der Waals surface area contributed by atoms with Crippen molar-refractivity contribution in [2.75, 3.05) is 13.6 Å². The minimum Gasteiger partial charge on any atom is -0.454 e. The summed E-state index contributed by atoms with van der Waals surface area (Å²) in [6, 6.07) is 11.8. The van der Waals surface area contributed by atoms with Crippen molar-refractivity contribution in [3.05, 3.63) is 47.5 Å². The fraction of sp³-hybridized carbons (Fsp3) is 0.200. The van der Waals surface area contributed by atoms with Crippen LogP contribution in [0.4, 0.5) is 0 Å². The van der Waals surface area contributed by atoms with Crippen LogP contribution in [0.15, 0.2) is 36.4 Å². The number of rotatable bonds is 2. The largest absolute Gasteiger partial charge is 0.454 e. The molecule has 0 radical (unpaired) electrons. The van der Waals surface area contributed by atoms with Crippen LogP contribution in [-0.2, 0) is 6.61 Å². The van der Waals surface area contributed by atoms with Crippen LogP contribution < -0.4 is 18.9 Å². The van der Waals surface area contributed by atoms with Gasteiger partial charge < -0.3 is 24.1 Å². The number of aliphatic hydroxyl groups excluding tert-OH is 1. The highest BCUT2D eigenvalue weighted by atomic mass is 16.7. The predicted molar refractivity (Wildman–Crippen MR) is 92.3 cm³/mol. The van der Waals surface area contributed by atoms with Gasteiger partial charge in [0.1, 0.15) is 0 Å². The highest BCUT2D eigenvalue weighted by Crippen LogP contribution is 2.47. The van der Waals surface area contributed by atoms with E-state index < -0.39 is 0 Å². The van der Waals surface area contributed by atoms with Gasteiger partial charge in [0, 0.05) is 5.39 Å². The fourth-order valence-corrected chi connectivity index (χ4v) is 3.54. The van der Waals surface area contributed by atoms with Gasteiger partial charge in [-0.1, -0.05) is 12.1 Å². The summed E-state index contributed by atoms with van der Waals surface area (Å²) >= 11 is 0. The van der Waals surface area contributed by atoms with E-state index >= 15 is 0 Å². The van der Waals surface area contributed by atoms with Crippen LogP contribution in [0, 0.1) is 6.92 Å². The van der Waals surface area contributed by atoms with Crippen molar-refractivity contribution in [3.8, 4) is 34.1 Å². The molecule has 2 aliphatic rings. The van der Waals surface area contributed by atoms with Crippen molar-refractivity contribution >= 4 is 10.8 Å². The van der Waals surface area contributed by atoms with Crippen LogP contribution in [0.1, 0.15) is 11.1 Å². The van der Waals surface area contributed by atoms with E-state index in [1.54, 1.807) is 0 Å². The van der Waals surface area contributed by atoms with Crippen LogP contribution in [0.3, 0.4) is 0 Å². The van der Waals surface area contributed by atoms with Gasteiger partial charge in [-0.25, -0.2) is 0 Å². The van der Waals surface area contributed by atoms with Crippen molar-refractivity contribution in [1.82, 2.24) is 0 Å². The summed E-state index contributed by atoms with van der Waals surface area (Å²) < 4.78 is 22.2. The summed E-state index contributed by atoms with van der Waals surface area (Å²) in [4.78, 5) is 0. The molecule has 0 saturated carbocycles. The van der Waals surface area contributed by atoms with Gasteiger partial charge in [0.25, 0.3) is 0 Å². The first-order chi connectivity index (χ1) is 12.3. The lowest BCUT2D eigenvalue weighted by Crippen LogP contribution is -1.96. The van der Waals surface area contributed by atoms with Crippen LogP contribution >= 0.6 is 0 Å². The van der Waals surface area contributed by atoms with Crippen molar-refractivity contribution in [3.63, 3.8) is 0 Å². The standard InChI is InChI=1S/C20H16O5/c1-11-13(8-21)6-15(12-2-4-16-18(7-12)24-9-22-16)19-14(11)3-5-17-20(19)25-10-23-17/h2-7,21H,8-10H2,1H3. The number of aliphatic hydroxyl groups is 1. The van der Waals surface area contributed by atoms with Gasteiger partial charge in [-0.3, -0.25) is 0 Å². The van der Waals surface area contributed by atoms with Crippen LogP contribution in [-0.4, -0.2) is 18.7 Å². The van der Waals surface area contributed by atoms with E-state index in [0.29, 0.717) is 0 Å². The van der Waals surface area contributed by atoms with Crippen LogP contribution in [0.2, 0.25) is 0 Å². The average molecular weight is 336 g/mol. The topological polar surface area (TPSA) is 57.2 Å².